The van der Waals surface area contributed by atoms with Crippen LogP contribution < -0.4 is 14.8 Å². The number of halogens is 2. The van der Waals surface area contributed by atoms with E-state index in [1.165, 1.54) is 19.4 Å². The Morgan fingerprint density at radius 3 is 2.56 bits per heavy atom. The van der Waals surface area contributed by atoms with Gasteiger partial charge < -0.3 is 13.9 Å². The summed E-state index contributed by atoms with van der Waals surface area (Å²) in [5.74, 6) is -0.266. The lowest BCUT2D eigenvalue weighted by Gasteiger charge is -2.25. The fourth-order valence-electron chi connectivity index (χ4n) is 3.23. The number of carbonyl (C=O) groups excluding carboxylic acids is 3. The summed E-state index contributed by atoms with van der Waals surface area (Å²) < 4.78 is 17.1. The van der Waals surface area contributed by atoms with Gasteiger partial charge in [0.2, 0.25) is 0 Å². The molecule has 1 fully saturated rings. The smallest absolute Gasteiger partial charge is 0.331 e. The first-order valence-corrected chi connectivity index (χ1v) is 11.2. The number of nitrogens with zero attached hydrogens (tertiary/aromatic N) is 1. The molecule has 2 aromatic carbocycles. The van der Waals surface area contributed by atoms with Gasteiger partial charge in [0.15, 0.2) is 11.5 Å². The third-order valence-electron chi connectivity index (χ3n) is 4.97. The molecule has 1 aliphatic rings. The van der Waals surface area contributed by atoms with Gasteiger partial charge in [0, 0.05) is 9.50 Å². The van der Waals surface area contributed by atoms with Crippen molar-refractivity contribution in [2.75, 3.05) is 7.11 Å². The number of carbonyl (C=O) groups is 3. The molecule has 4 amide bonds. The molecule has 0 atom stereocenters. The number of methoxy groups -OCH3 is 1. The van der Waals surface area contributed by atoms with E-state index in [1.54, 1.807) is 36.4 Å². The SMILES string of the molecule is COc1cc(/C=C2\C(=O)NC(=O)N(Cc3ccco3)C2=O)c(Br)cc1OCc1ccc(Cl)cc1. The summed E-state index contributed by atoms with van der Waals surface area (Å²) in [6.45, 7) is 0.176. The van der Waals surface area contributed by atoms with E-state index in [9.17, 15) is 14.4 Å². The first kappa shape index (κ1) is 23.6. The molecule has 1 saturated heterocycles. The lowest BCUT2D eigenvalue weighted by Crippen LogP contribution is -2.53. The topological polar surface area (TPSA) is 98.1 Å². The number of rotatable bonds is 7. The second-order valence-corrected chi connectivity index (χ2v) is 8.52. The van der Waals surface area contributed by atoms with Gasteiger partial charge >= 0.3 is 6.03 Å². The number of hydrogen-bond donors (Lipinski definition) is 1. The predicted octanol–water partition coefficient (Wildman–Crippen LogP) is 4.95. The van der Waals surface area contributed by atoms with Crippen molar-refractivity contribution in [2.45, 2.75) is 13.2 Å². The van der Waals surface area contributed by atoms with Crippen LogP contribution in [0.15, 0.2) is 69.3 Å². The quantitative estimate of drug-likeness (QED) is 0.333. The fourth-order valence-corrected chi connectivity index (χ4v) is 3.79. The molecule has 1 N–H and O–H groups in total. The normalized spacial score (nSPS) is 15.0. The van der Waals surface area contributed by atoms with E-state index in [2.05, 4.69) is 21.2 Å². The van der Waals surface area contributed by atoms with Gasteiger partial charge in [-0.25, -0.2) is 4.79 Å². The van der Waals surface area contributed by atoms with Crippen LogP contribution >= 0.6 is 27.5 Å². The zero-order valence-electron chi connectivity index (χ0n) is 17.8. The molecule has 0 bridgehead atoms. The molecule has 10 heteroatoms. The largest absolute Gasteiger partial charge is 0.493 e. The Morgan fingerprint density at radius 2 is 1.88 bits per heavy atom. The van der Waals surface area contributed by atoms with Crippen LogP contribution in [-0.2, 0) is 22.7 Å². The van der Waals surface area contributed by atoms with Crippen LogP contribution in [0.3, 0.4) is 0 Å². The standard InChI is InChI=1S/C24H18BrClN2O6/c1-32-20-10-15(19(25)11-21(20)34-13-14-4-6-16(26)7-5-14)9-18-22(29)27-24(31)28(23(18)30)12-17-3-2-8-33-17/h2-11H,12-13H2,1H3,(H,27,29,31)/b18-9+. The Bertz CT molecular complexity index is 1270. The van der Waals surface area contributed by atoms with Crippen LogP contribution in [-0.4, -0.2) is 29.9 Å². The van der Waals surface area contributed by atoms with Crippen molar-refractivity contribution < 1.29 is 28.3 Å². The minimum Gasteiger partial charge on any atom is -0.493 e. The lowest BCUT2D eigenvalue weighted by molar-refractivity contribution is -0.130. The van der Waals surface area contributed by atoms with Crippen LogP contribution in [0.5, 0.6) is 11.5 Å². The van der Waals surface area contributed by atoms with Crippen LogP contribution in [0.2, 0.25) is 5.02 Å². The predicted molar refractivity (Wildman–Crippen MR) is 127 cm³/mol. The maximum atomic E-state index is 12.9. The number of imide groups is 2. The molecule has 0 aliphatic carbocycles. The third kappa shape index (κ3) is 5.16. The van der Waals surface area contributed by atoms with Gasteiger partial charge in [-0.15, -0.1) is 0 Å². The highest BCUT2D eigenvalue weighted by molar-refractivity contribution is 9.10. The Kier molecular flexibility index (Phi) is 7.04. The summed E-state index contributed by atoms with van der Waals surface area (Å²) in [7, 11) is 1.48. The molecule has 2 heterocycles. The van der Waals surface area contributed by atoms with Crippen LogP contribution in [0, 0.1) is 0 Å². The molecule has 0 unspecified atom stereocenters. The van der Waals surface area contributed by atoms with E-state index < -0.39 is 17.8 Å². The maximum Gasteiger partial charge on any atom is 0.331 e. The van der Waals surface area contributed by atoms with Crippen LogP contribution in [0.4, 0.5) is 4.79 Å². The van der Waals surface area contributed by atoms with Gasteiger partial charge in [-0.05, 0) is 53.6 Å². The van der Waals surface area contributed by atoms with Gasteiger partial charge in [0.1, 0.15) is 17.9 Å². The van der Waals surface area contributed by atoms with Crippen molar-refractivity contribution in [3.63, 3.8) is 0 Å². The van der Waals surface area contributed by atoms with Crippen LogP contribution in [0.25, 0.3) is 6.08 Å². The molecule has 0 saturated carbocycles. The van der Waals surface area contributed by atoms with Gasteiger partial charge in [0.25, 0.3) is 11.8 Å². The molecule has 0 spiro atoms. The van der Waals surface area contributed by atoms with E-state index >= 15 is 0 Å². The molecule has 0 radical (unpaired) electrons. The number of benzene rings is 2. The summed E-state index contributed by atoms with van der Waals surface area (Å²) in [4.78, 5) is 38.5. The summed E-state index contributed by atoms with van der Waals surface area (Å²) >= 11 is 9.37. The van der Waals surface area contributed by atoms with E-state index in [0.717, 1.165) is 10.5 Å². The number of urea groups is 1. The molecule has 1 aliphatic heterocycles. The average Bonchev–Trinajstić information content (AvgIpc) is 3.33. The number of amides is 4. The summed E-state index contributed by atoms with van der Waals surface area (Å²) in [6, 6.07) is 13.0. The van der Waals surface area contributed by atoms with E-state index in [0.29, 0.717) is 32.3 Å². The second kappa shape index (κ2) is 10.1. The molecule has 34 heavy (non-hydrogen) atoms. The minimum absolute atomic E-state index is 0.107. The molecule has 8 nitrogen and oxygen atoms in total. The van der Waals surface area contributed by atoms with Gasteiger partial charge in [0.05, 0.1) is 19.9 Å². The van der Waals surface area contributed by atoms with E-state index in [1.807, 2.05) is 12.1 Å². The molecular weight excluding hydrogens is 528 g/mol. The van der Waals surface area contributed by atoms with Crippen molar-refractivity contribution in [3.05, 3.63) is 86.7 Å². The third-order valence-corrected chi connectivity index (χ3v) is 5.91. The lowest BCUT2D eigenvalue weighted by atomic mass is 10.1. The maximum absolute atomic E-state index is 12.9. The summed E-state index contributed by atoms with van der Waals surface area (Å²) in [6.07, 6.45) is 2.82. The minimum atomic E-state index is -0.814. The average molecular weight is 546 g/mol. The van der Waals surface area contributed by atoms with Crippen molar-refractivity contribution in [1.82, 2.24) is 10.2 Å². The zero-order valence-corrected chi connectivity index (χ0v) is 20.2. The summed E-state index contributed by atoms with van der Waals surface area (Å²) in [5, 5.41) is 2.81. The van der Waals surface area contributed by atoms with E-state index in [-0.39, 0.29) is 18.7 Å². The first-order valence-electron chi connectivity index (χ1n) is 10.0. The number of hydrogen-bond acceptors (Lipinski definition) is 6. The van der Waals surface area contributed by atoms with Crippen molar-refractivity contribution in [2.24, 2.45) is 0 Å². The highest BCUT2D eigenvalue weighted by atomic mass is 79.9. The highest BCUT2D eigenvalue weighted by Crippen LogP contribution is 2.35. The number of nitrogens with one attached hydrogen (secondary N) is 1. The Labute approximate surface area is 208 Å². The molecule has 3 aromatic rings. The first-order chi connectivity index (χ1) is 16.4. The summed E-state index contributed by atoms with van der Waals surface area (Å²) in [5.41, 5.74) is 1.20. The number of ether oxygens (including phenoxy) is 2. The zero-order chi connectivity index (χ0) is 24.2. The van der Waals surface area contributed by atoms with E-state index in [4.69, 9.17) is 25.5 Å². The molecule has 174 valence electrons. The highest BCUT2D eigenvalue weighted by Gasteiger charge is 2.36. The molecule has 1 aromatic heterocycles. The van der Waals surface area contributed by atoms with Gasteiger partial charge in [-0.2, -0.15) is 0 Å². The van der Waals surface area contributed by atoms with Crippen molar-refractivity contribution >= 4 is 51.5 Å². The molecule has 4 rings (SSSR count). The number of furan rings is 1. The fraction of sp³-hybridized carbons (Fsp3) is 0.125. The van der Waals surface area contributed by atoms with Crippen LogP contribution in [0.1, 0.15) is 16.9 Å². The van der Waals surface area contributed by atoms with Crippen molar-refractivity contribution in [1.29, 1.82) is 0 Å². The Hall–Kier alpha value is -3.56. The molecular formula is C24H18BrClN2O6. The monoisotopic (exact) mass is 544 g/mol. The number of barbiturate groups is 1. The van der Waals surface area contributed by atoms with Gasteiger partial charge in [-0.3, -0.25) is 19.8 Å². The van der Waals surface area contributed by atoms with Crippen molar-refractivity contribution in [3.8, 4) is 11.5 Å². The van der Waals surface area contributed by atoms with Gasteiger partial charge in [-0.1, -0.05) is 39.7 Å². The Balaban J connectivity index is 1.59. The Morgan fingerprint density at radius 1 is 1.12 bits per heavy atom. The second-order valence-electron chi connectivity index (χ2n) is 7.23.